The lowest BCUT2D eigenvalue weighted by Crippen LogP contribution is -2.44. The van der Waals surface area contributed by atoms with Crippen molar-refractivity contribution < 1.29 is 15.0 Å². The summed E-state index contributed by atoms with van der Waals surface area (Å²) in [6.07, 6.45) is 4.40. The topological polar surface area (TPSA) is 57.5 Å². The van der Waals surface area contributed by atoms with E-state index in [1.807, 2.05) is 0 Å². The Labute approximate surface area is 85.1 Å². The standard InChI is InChI=1S/C11H20O3/c1-3-9-5-4-6-11(14,7-9)8(2)10(12)13/h8-9,14H,3-7H2,1-2H3,(H,12,13). The molecule has 0 amide bonds. The second-order valence-corrected chi connectivity index (χ2v) is 4.53. The smallest absolute Gasteiger partial charge is 0.309 e. The van der Waals surface area contributed by atoms with E-state index in [4.69, 9.17) is 5.11 Å². The van der Waals surface area contributed by atoms with Crippen molar-refractivity contribution in [3.8, 4) is 0 Å². The monoisotopic (exact) mass is 200 g/mol. The first-order valence-electron chi connectivity index (χ1n) is 5.44. The molecule has 1 aliphatic carbocycles. The molecule has 0 heterocycles. The van der Waals surface area contributed by atoms with Crippen LogP contribution in [0.1, 0.15) is 46.0 Å². The van der Waals surface area contributed by atoms with E-state index < -0.39 is 17.5 Å². The Morgan fingerprint density at radius 2 is 2.29 bits per heavy atom. The van der Waals surface area contributed by atoms with Gasteiger partial charge in [-0.1, -0.05) is 26.2 Å². The van der Waals surface area contributed by atoms with Crippen molar-refractivity contribution in [1.82, 2.24) is 0 Å². The second kappa shape index (κ2) is 4.30. The molecule has 3 heteroatoms. The van der Waals surface area contributed by atoms with Gasteiger partial charge >= 0.3 is 5.97 Å². The van der Waals surface area contributed by atoms with Crippen molar-refractivity contribution in [2.75, 3.05) is 0 Å². The van der Waals surface area contributed by atoms with Crippen LogP contribution in [-0.4, -0.2) is 21.8 Å². The Kier molecular flexibility index (Phi) is 3.53. The summed E-state index contributed by atoms with van der Waals surface area (Å²) < 4.78 is 0. The summed E-state index contributed by atoms with van der Waals surface area (Å²) in [7, 11) is 0. The third kappa shape index (κ3) is 2.27. The van der Waals surface area contributed by atoms with E-state index in [-0.39, 0.29) is 0 Å². The fourth-order valence-electron chi connectivity index (χ4n) is 2.37. The molecule has 0 saturated heterocycles. The summed E-state index contributed by atoms with van der Waals surface area (Å²) >= 11 is 0. The van der Waals surface area contributed by atoms with Gasteiger partial charge in [0.1, 0.15) is 0 Å². The van der Waals surface area contributed by atoms with E-state index in [1.54, 1.807) is 6.92 Å². The first-order valence-corrected chi connectivity index (χ1v) is 5.44. The Balaban J connectivity index is 2.67. The maximum absolute atomic E-state index is 10.8. The van der Waals surface area contributed by atoms with Crippen molar-refractivity contribution in [3.63, 3.8) is 0 Å². The van der Waals surface area contributed by atoms with Crippen LogP contribution in [0.15, 0.2) is 0 Å². The van der Waals surface area contributed by atoms with Gasteiger partial charge in [-0.25, -0.2) is 0 Å². The molecule has 0 radical (unpaired) electrons. The van der Waals surface area contributed by atoms with Gasteiger partial charge in [-0.2, -0.15) is 0 Å². The third-order valence-electron chi connectivity index (χ3n) is 3.62. The van der Waals surface area contributed by atoms with Crippen molar-refractivity contribution >= 4 is 5.97 Å². The lowest BCUT2D eigenvalue weighted by molar-refractivity contribution is -0.154. The zero-order valence-corrected chi connectivity index (χ0v) is 8.99. The fraction of sp³-hybridized carbons (Fsp3) is 0.909. The average molecular weight is 200 g/mol. The number of aliphatic carboxylic acids is 1. The Bertz CT molecular complexity index is 215. The van der Waals surface area contributed by atoms with Crippen molar-refractivity contribution in [1.29, 1.82) is 0 Å². The number of hydrogen-bond donors (Lipinski definition) is 2. The number of carboxylic acids is 1. The SMILES string of the molecule is CCC1CCCC(O)(C(C)C(=O)O)C1. The van der Waals surface area contributed by atoms with Crippen LogP contribution < -0.4 is 0 Å². The van der Waals surface area contributed by atoms with Crippen molar-refractivity contribution in [3.05, 3.63) is 0 Å². The van der Waals surface area contributed by atoms with Crippen LogP contribution in [-0.2, 0) is 4.79 Å². The fourth-order valence-corrected chi connectivity index (χ4v) is 2.37. The molecule has 0 aromatic heterocycles. The number of carbonyl (C=O) groups is 1. The molecule has 1 rings (SSSR count). The summed E-state index contributed by atoms with van der Waals surface area (Å²) in [6.45, 7) is 3.71. The minimum atomic E-state index is -0.967. The molecular weight excluding hydrogens is 180 g/mol. The van der Waals surface area contributed by atoms with Crippen LogP contribution >= 0.6 is 0 Å². The maximum atomic E-state index is 10.8. The zero-order valence-electron chi connectivity index (χ0n) is 8.99. The molecule has 0 bridgehead atoms. The number of aliphatic hydroxyl groups is 1. The number of carboxylic acid groups (broad SMARTS) is 1. The zero-order chi connectivity index (χ0) is 10.8. The molecule has 0 spiro atoms. The molecule has 82 valence electrons. The lowest BCUT2D eigenvalue weighted by Gasteiger charge is -2.39. The summed E-state index contributed by atoms with van der Waals surface area (Å²) in [5.74, 6) is -1.03. The minimum absolute atomic E-state index is 0.496. The van der Waals surface area contributed by atoms with E-state index in [2.05, 4.69) is 6.92 Å². The van der Waals surface area contributed by atoms with Gasteiger partial charge in [-0.3, -0.25) is 4.79 Å². The van der Waals surface area contributed by atoms with E-state index in [0.717, 1.165) is 19.3 Å². The second-order valence-electron chi connectivity index (χ2n) is 4.53. The molecule has 1 fully saturated rings. The predicted molar refractivity (Wildman–Crippen MR) is 54.0 cm³/mol. The van der Waals surface area contributed by atoms with E-state index in [0.29, 0.717) is 18.8 Å². The molecule has 3 unspecified atom stereocenters. The molecule has 1 saturated carbocycles. The van der Waals surface area contributed by atoms with Gasteiger partial charge in [-0.05, 0) is 25.7 Å². The summed E-state index contributed by atoms with van der Waals surface area (Å²) in [5.41, 5.74) is -0.967. The highest BCUT2D eigenvalue weighted by Crippen LogP contribution is 2.38. The van der Waals surface area contributed by atoms with Crippen molar-refractivity contribution in [2.45, 2.75) is 51.6 Å². The number of rotatable bonds is 3. The molecule has 1 aliphatic rings. The highest BCUT2D eigenvalue weighted by molar-refractivity contribution is 5.71. The molecule has 0 aromatic rings. The van der Waals surface area contributed by atoms with E-state index in [1.165, 1.54) is 0 Å². The molecule has 2 N–H and O–H groups in total. The Morgan fingerprint density at radius 3 is 2.79 bits per heavy atom. The highest BCUT2D eigenvalue weighted by Gasteiger charge is 2.41. The molecule has 0 aromatic carbocycles. The van der Waals surface area contributed by atoms with Crippen LogP contribution in [0.3, 0.4) is 0 Å². The van der Waals surface area contributed by atoms with Crippen LogP contribution in [0, 0.1) is 11.8 Å². The highest BCUT2D eigenvalue weighted by atomic mass is 16.4. The van der Waals surface area contributed by atoms with Gasteiger partial charge in [0, 0.05) is 0 Å². The minimum Gasteiger partial charge on any atom is -0.481 e. The Hall–Kier alpha value is -0.570. The third-order valence-corrected chi connectivity index (χ3v) is 3.62. The summed E-state index contributed by atoms with van der Waals surface area (Å²) in [5, 5.41) is 19.1. The quantitative estimate of drug-likeness (QED) is 0.733. The Morgan fingerprint density at radius 1 is 1.64 bits per heavy atom. The first kappa shape index (κ1) is 11.5. The lowest BCUT2D eigenvalue weighted by atomic mass is 9.71. The number of hydrogen-bond acceptors (Lipinski definition) is 2. The molecule has 0 aliphatic heterocycles. The van der Waals surface area contributed by atoms with Gasteiger partial charge in [0.05, 0.1) is 11.5 Å². The van der Waals surface area contributed by atoms with Gasteiger partial charge in [0.15, 0.2) is 0 Å². The van der Waals surface area contributed by atoms with Crippen LogP contribution in [0.4, 0.5) is 0 Å². The molecule has 3 atom stereocenters. The summed E-state index contributed by atoms with van der Waals surface area (Å²) in [4.78, 5) is 10.8. The normalized spacial score (nSPS) is 35.2. The molecule has 3 nitrogen and oxygen atoms in total. The predicted octanol–water partition coefficient (Wildman–Crippen LogP) is 2.04. The summed E-state index contributed by atoms with van der Waals surface area (Å²) in [6, 6.07) is 0. The van der Waals surface area contributed by atoms with Gasteiger partial charge < -0.3 is 10.2 Å². The molecule has 14 heavy (non-hydrogen) atoms. The van der Waals surface area contributed by atoms with Crippen LogP contribution in [0.2, 0.25) is 0 Å². The van der Waals surface area contributed by atoms with Crippen molar-refractivity contribution in [2.24, 2.45) is 11.8 Å². The van der Waals surface area contributed by atoms with E-state index in [9.17, 15) is 9.90 Å². The maximum Gasteiger partial charge on any atom is 0.309 e. The average Bonchev–Trinajstić information content (AvgIpc) is 2.16. The van der Waals surface area contributed by atoms with Gasteiger partial charge in [-0.15, -0.1) is 0 Å². The van der Waals surface area contributed by atoms with Gasteiger partial charge in [0.2, 0.25) is 0 Å². The largest absolute Gasteiger partial charge is 0.481 e. The first-order chi connectivity index (χ1) is 6.49. The molecular formula is C11H20O3. The van der Waals surface area contributed by atoms with Crippen LogP contribution in [0.25, 0.3) is 0 Å². The van der Waals surface area contributed by atoms with E-state index >= 15 is 0 Å². The van der Waals surface area contributed by atoms with Crippen LogP contribution in [0.5, 0.6) is 0 Å². The van der Waals surface area contributed by atoms with Gasteiger partial charge in [0.25, 0.3) is 0 Å².